The van der Waals surface area contributed by atoms with E-state index in [9.17, 15) is 13.2 Å². The van der Waals surface area contributed by atoms with Crippen LogP contribution in [0, 0.1) is 5.41 Å². The van der Waals surface area contributed by atoms with Crippen LogP contribution in [-0.2, 0) is 30.9 Å². The fourth-order valence-corrected chi connectivity index (χ4v) is 5.51. The van der Waals surface area contributed by atoms with Crippen molar-refractivity contribution < 1.29 is 22.7 Å². The molecule has 6 nitrogen and oxygen atoms in total. The van der Waals surface area contributed by atoms with Gasteiger partial charge in [0.1, 0.15) is 4.90 Å². The predicted molar refractivity (Wildman–Crippen MR) is 115 cm³/mol. The molecule has 0 N–H and O–H groups in total. The summed E-state index contributed by atoms with van der Waals surface area (Å²) in [5.41, 5.74) is 0.146. The Morgan fingerprint density at radius 3 is 2.33 bits per heavy atom. The molecule has 0 radical (unpaired) electrons. The zero-order valence-corrected chi connectivity index (χ0v) is 18.5. The van der Waals surface area contributed by atoms with Crippen molar-refractivity contribution in [2.24, 2.45) is 5.41 Å². The van der Waals surface area contributed by atoms with Gasteiger partial charge in [-0.05, 0) is 37.5 Å². The Morgan fingerprint density at radius 2 is 1.70 bits per heavy atom. The first-order valence-corrected chi connectivity index (χ1v) is 11.7. The van der Waals surface area contributed by atoms with E-state index in [1.54, 1.807) is 25.1 Å². The van der Waals surface area contributed by atoms with Crippen molar-refractivity contribution in [3.05, 3.63) is 65.2 Å². The van der Waals surface area contributed by atoms with E-state index in [0.717, 1.165) is 5.56 Å². The van der Waals surface area contributed by atoms with E-state index in [2.05, 4.69) is 0 Å². The number of hydrogen-bond acceptors (Lipinski definition) is 5. The second-order valence-electron chi connectivity index (χ2n) is 7.31. The maximum absolute atomic E-state index is 13.0. The minimum absolute atomic E-state index is 0.0793. The highest BCUT2D eigenvalue weighted by Crippen LogP contribution is 2.36. The third-order valence-electron chi connectivity index (χ3n) is 5.33. The van der Waals surface area contributed by atoms with Crippen LogP contribution in [0.15, 0.2) is 59.5 Å². The van der Waals surface area contributed by atoms with Gasteiger partial charge in [0.2, 0.25) is 10.0 Å². The van der Waals surface area contributed by atoms with Crippen LogP contribution in [0.1, 0.15) is 25.3 Å². The number of rotatable bonds is 8. The Morgan fingerprint density at radius 1 is 1.07 bits per heavy atom. The van der Waals surface area contributed by atoms with Gasteiger partial charge in [-0.15, -0.1) is 0 Å². The Hall–Kier alpha value is -1.93. The van der Waals surface area contributed by atoms with Crippen molar-refractivity contribution in [3.8, 4) is 0 Å². The number of piperidine rings is 1. The first-order valence-electron chi connectivity index (χ1n) is 9.93. The van der Waals surface area contributed by atoms with E-state index < -0.39 is 15.4 Å². The smallest absolute Gasteiger partial charge is 0.314 e. The molecule has 1 aliphatic rings. The van der Waals surface area contributed by atoms with E-state index >= 15 is 0 Å². The first kappa shape index (κ1) is 22.7. The second-order valence-corrected chi connectivity index (χ2v) is 9.63. The summed E-state index contributed by atoms with van der Waals surface area (Å²) in [6.45, 7) is 2.97. The Balaban J connectivity index is 1.71. The van der Waals surface area contributed by atoms with E-state index in [0.29, 0.717) is 19.4 Å². The van der Waals surface area contributed by atoms with Crippen molar-refractivity contribution in [3.63, 3.8) is 0 Å². The molecule has 1 heterocycles. The molecule has 0 bridgehead atoms. The molecule has 0 unspecified atom stereocenters. The largest absolute Gasteiger partial charge is 0.465 e. The average molecular weight is 452 g/mol. The monoisotopic (exact) mass is 451 g/mol. The maximum atomic E-state index is 13.0. The molecule has 162 valence electrons. The molecule has 1 aliphatic heterocycles. The summed E-state index contributed by atoms with van der Waals surface area (Å²) in [5, 5.41) is 0.186. The molecular formula is C22H26ClNO5S. The standard InChI is InChI=1S/C22H26ClNO5S/c1-2-29-21(25)22(17-28-16-18-8-4-3-5-9-18)12-14-24(15-13-22)30(26,27)20-11-7-6-10-19(20)23/h3-11H,2,12-17H2,1H3. The summed E-state index contributed by atoms with van der Waals surface area (Å²) in [6.07, 6.45) is 0.647. The van der Waals surface area contributed by atoms with Crippen molar-refractivity contribution in [1.82, 2.24) is 4.31 Å². The predicted octanol–water partition coefficient (Wildman–Crippen LogP) is 3.89. The zero-order valence-electron chi connectivity index (χ0n) is 16.9. The van der Waals surface area contributed by atoms with Gasteiger partial charge in [-0.3, -0.25) is 4.79 Å². The quantitative estimate of drug-likeness (QED) is 0.569. The van der Waals surface area contributed by atoms with Gasteiger partial charge in [-0.1, -0.05) is 54.1 Å². The molecule has 2 aromatic carbocycles. The normalized spacial score (nSPS) is 16.9. The lowest BCUT2D eigenvalue weighted by molar-refractivity contribution is -0.163. The van der Waals surface area contributed by atoms with Crippen molar-refractivity contribution in [2.75, 3.05) is 26.3 Å². The van der Waals surface area contributed by atoms with Crippen LogP contribution in [0.5, 0.6) is 0 Å². The number of hydrogen-bond donors (Lipinski definition) is 0. The molecule has 0 amide bonds. The molecule has 0 spiro atoms. The highest BCUT2D eigenvalue weighted by atomic mass is 35.5. The number of sulfonamides is 1. The second kappa shape index (κ2) is 9.92. The number of halogens is 1. The fraction of sp³-hybridized carbons (Fsp3) is 0.409. The molecular weight excluding hydrogens is 426 g/mol. The molecule has 0 aliphatic carbocycles. The molecule has 30 heavy (non-hydrogen) atoms. The summed E-state index contributed by atoms with van der Waals surface area (Å²) in [4.78, 5) is 12.8. The minimum Gasteiger partial charge on any atom is -0.465 e. The third kappa shape index (κ3) is 5.03. The van der Waals surface area contributed by atoms with E-state index in [-0.39, 0.29) is 42.2 Å². The number of benzene rings is 2. The van der Waals surface area contributed by atoms with Gasteiger partial charge in [-0.2, -0.15) is 4.31 Å². The highest BCUT2D eigenvalue weighted by molar-refractivity contribution is 7.89. The van der Waals surface area contributed by atoms with Crippen LogP contribution >= 0.6 is 11.6 Å². The molecule has 2 aromatic rings. The average Bonchev–Trinajstić information content (AvgIpc) is 2.75. The summed E-state index contributed by atoms with van der Waals surface area (Å²) >= 11 is 6.10. The Kier molecular flexibility index (Phi) is 7.52. The van der Waals surface area contributed by atoms with Crippen molar-refractivity contribution >= 4 is 27.6 Å². The number of ether oxygens (including phenoxy) is 2. The Labute approximate surface area is 182 Å². The lowest BCUT2D eigenvalue weighted by Gasteiger charge is -2.39. The van der Waals surface area contributed by atoms with Crippen molar-refractivity contribution in [2.45, 2.75) is 31.3 Å². The van der Waals surface area contributed by atoms with E-state index in [1.165, 1.54) is 10.4 Å². The lowest BCUT2D eigenvalue weighted by atomic mass is 9.79. The molecule has 1 fully saturated rings. The van der Waals surface area contributed by atoms with E-state index in [1.807, 2.05) is 30.3 Å². The van der Waals surface area contributed by atoms with Gasteiger partial charge >= 0.3 is 5.97 Å². The SMILES string of the molecule is CCOC(=O)C1(COCc2ccccc2)CCN(S(=O)(=O)c2ccccc2Cl)CC1. The van der Waals surface area contributed by atoms with Gasteiger partial charge in [0, 0.05) is 13.1 Å². The number of esters is 1. The van der Waals surface area contributed by atoms with Gasteiger partial charge in [0.15, 0.2) is 0 Å². The lowest BCUT2D eigenvalue weighted by Crippen LogP contribution is -2.49. The van der Waals surface area contributed by atoms with Crippen LogP contribution in [0.2, 0.25) is 5.02 Å². The number of carbonyl (C=O) groups is 1. The van der Waals surface area contributed by atoms with Crippen LogP contribution in [0.3, 0.4) is 0 Å². The first-order chi connectivity index (χ1) is 14.4. The van der Waals surface area contributed by atoms with Crippen LogP contribution in [0.25, 0.3) is 0 Å². The molecule has 3 rings (SSSR count). The molecule has 8 heteroatoms. The fourth-order valence-electron chi connectivity index (χ4n) is 3.58. The number of carbonyl (C=O) groups excluding carboxylic acids is 1. The third-order valence-corrected chi connectivity index (χ3v) is 7.73. The summed E-state index contributed by atoms with van der Waals surface area (Å²) in [5.74, 6) is -0.340. The minimum atomic E-state index is -3.74. The summed E-state index contributed by atoms with van der Waals surface area (Å²) in [6, 6.07) is 16.1. The highest BCUT2D eigenvalue weighted by Gasteiger charge is 2.45. The van der Waals surface area contributed by atoms with Gasteiger partial charge in [0.05, 0.1) is 30.3 Å². The summed E-state index contributed by atoms with van der Waals surface area (Å²) in [7, 11) is -3.74. The maximum Gasteiger partial charge on any atom is 0.314 e. The zero-order chi connectivity index (χ0) is 21.6. The van der Waals surface area contributed by atoms with Crippen molar-refractivity contribution in [1.29, 1.82) is 0 Å². The molecule has 0 saturated carbocycles. The van der Waals surface area contributed by atoms with Crippen LogP contribution < -0.4 is 0 Å². The van der Waals surface area contributed by atoms with Crippen LogP contribution in [0.4, 0.5) is 0 Å². The van der Waals surface area contributed by atoms with Gasteiger partial charge in [0.25, 0.3) is 0 Å². The summed E-state index contributed by atoms with van der Waals surface area (Å²) < 4.78 is 38.6. The van der Waals surface area contributed by atoms with Gasteiger partial charge in [-0.25, -0.2) is 8.42 Å². The molecule has 1 saturated heterocycles. The topological polar surface area (TPSA) is 72.9 Å². The Bertz CT molecular complexity index is 957. The van der Waals surface area contributed by atoms with Gasteiger partial charge < -0.3 is 9.47 Å². The van der Waals surface area contributed by atoms with Crippen LogP contribution in [-0.4, -0.2) is 45.0 Å². The van der Waals surface area contributed by atoms with E-state index in [4.69, 9.17) is 21.1 Å². The molecule has 0 aromatic heterocycles. The molecule has 0 atom stereocenters. The number of nitrogens with zero attached hydrogens (tertiary/aromatic N) is 1.